The van der Waals surface area contributed by atoms with Crippen molar-refractivity contribution in [2.45, 2.75) is 43.7 Å². The van der Waals surface area contributed by atoms with E-state index < -0.39 is 6.29 Å². The summed E-state index contributed by atoms with van der Waals surface area (Å²) in [4.78, 5) is 30.4. The van der Waals surface area contributed by atoms with E-state index in [1.165, 1.54) is 6.20 Å². The Labute approximate surface area is 288 Å². The van der Waals surface area contributed by atoms with Gasteiger partial charge in [-0.15, -0.1) is 0 Å². The Kier molecular flexibility index (Phi) is 9.99. The van der Waals surface area contributed by atoms with Crippen LogP contribution in [0.25, 0.3) is 22.2 Å². The zero-order chi connectivity index (χ0) is 33.6. The van der Waals surface area contributed by atoms with E-state index in [2.05, 4.69) is 56.4 Å². The predicted molar refractivity (Wildman–Crippen MR) is 188 cm³/mol. The van der Waals surface area contributed by atoms with Crippen molar-refractivity contribution >= 4 is 28.7 Å². The van der Waals surface area contributed by atoms with E-state index in [0.717, 1.165) is 38.9 Å². The van der Waals surface area contributed by atoms with Crippen molar-refractivity contribution in [3.8, 4) is 11.1 Å². The van der Waals surface area contributed by atoms with Gasteiger partial charge in [-0.25, -0.2) is 15.0 Å². The summed E-state index contributed by atoms with van der Waals surface area (Å²) in [7, 11) is 0. The van der Waals surface area contributed by atoms with E-state index >= 15 is 0 Å². The molecule has 0 aliphatic carbocycles. The molecule has 10 heteroatoms. The molecule has 1 saturated heterocycles. The standard InChI is InChI=1S/C39H35N5O4S/c1-25-35(24-49-39-40-18-5-19-41-39)47-38(48-36(25)29-12-10-26(23-45)11-13-29)30-16-14-28(15-17-30)31-7-4-6-27(20-31)21-43-37(46)34-22-42-32-8-2-3-9-33(32)44-34/h2-20,22,25,35-36,38,45H,21,23-24H2,1H3,(H,43,46). The molecule has 4 atom stereocenters. The Morgan fingerprint density at radius 1 is 0.796 bits per heavy atom. The number of aliphatic hydroxyl groups is 1. The largest absolute Gasteiger partial charge is 0.392 e. The molecule has 246 valence electrons. The van der Waals surface area contributed by atoms with Gasteiger partial charge < -0.3 is 19.9 Å². The third-order valence-corrected chi connectivity index (χ3v) is 9.58. The topological polar surface area (TPSA) is 119 Å². The smallest absolute Gasteiger partial charge is 0.271 e. The molecule has 4 aromatic carbocycles. The monoisotopic (exact) mass is 669 g/mol. The Hall–Kier alpha value is -5.00. The first-order valence-electron chi connectivity index (χ1n) is 16.1. The lowest BCUT2D eigenvalue weighted by Crippen LogP contribution is -2.38. The van der Waals surface area contributed by atoms with Gasteiger partial charge in [0.25, 0.3) is 5.91 Å². The zero-order valence-corrected chi connectivity index (χ0v) is 27.7. The predicted octanol–water partition coefficient (Wildman–Crippen LogP) is 7.09. The lowest BCUT2D eigenvalue weighted by Gasteiger charge is -2.41. The van der Waals surface area contributed by atoms with Crippen molar-refractivity contribution in [3.63, 3.8) is 0 Å². The van der Waals surface area contributed by atoms with Crippen LogP contribution in [-0.4, -0.2) is 42.8 Å². The van der Waals surface area contributed by atoms with Crippen molar-refractivity contribution in [3.05, 3.63) is 150 Å². The van der Waals surface area contributed by atoms with E-state index in [1.807, 2.05) is 72.8 Å². The second-order valence-corrected chi connectivity index (χ2v) is 12.9. The van der Waals surface area contributed by atoms with Crippen LogP contribution in [0.5, 0.6) is 0 Å². The fourth-order valence-corrected chi connectivity index (χ4v) is 6.83. The number of aromatic nitrogens is 4. The van der Waals surface area contributed by atoms with Crippen molar-refractivity contribution in [1.82, 2.24) is 25.3 Å². The van der Waals surface area contributed by atoms with E-state index in [-0.39, 0.29) is 36.3 Å². The molecule has 6 aromatic rings. The zero-order valence-electron chi connectivity index (χ0n) is 26.8. The molecule has 49 heavy (non-hydrogen) atoms. The number of nitrogens with one attached hydrogen (secondary N) is 1. The van der Waals surface area contributed by atoms with Crippen molar-refractivity contribution in [1.29, 1.82) is 0 Å². The molecule has 4 unspecified atom stereocenters. The molecular formula is C39H35N5O4S. The number of thioether (sulfide) groups is 1. The van der Waals surface area contributed by atoms with Gasteiger partial charge in [0.05, 0.1) is 36.0 Å². The number of amides is 1. The summed E-state index contributed by atoms with van der Waals surface area (Å²) in [5.41, 5.74) is 7.56. The number of benzene rings is 4. The second-order valence-electron chi connectivity index (χ2n) is 11.9. The fraction of sp³-hybridized carbons (Fsp3) is 0.205. The Morgan fingerprint density at radius 2 is 1.55 bits per heavy atom. The minimum absolute atomic E-state index is 0.00611. The number of hydrogen-bond donors (Lipinski definition) is 2. The molecule has 1 fully saturated rings. The molecule has 1 amide bonds. The Morgan fingerprint density at radius 3 is 2.33 bits per heavy atom. The summed E-state index contributed by atoms with van der Waals surface area (Å²) in [5, 5.41) is 13.2. The van der Waals surface area contributed by atoms with Crippen molar-refractivity contribution in [2.24, 2.45) is 5.92 Å². The van der Waals surface area contributed by atoms with Gasteiger partial charge in [0.2, 0.25) is 0 Å². The third kappa shape index (κ3) is 7.68. The maximum absolute atomic E-state index is 12.8. The van der Waals surface area contributed by atoms with Crippen molar-refractivity contribution in [2.75, 3.05) is 5.75 Å². The van der Waals surface area contributed by atoms with Gasteiger partial charge >= 0.3 is 0 Å². The van der Waals surface area contributed by atoms with Crippen LogP contribution >= 0.6 is 11.8 Å². The minimum Gasteiger partial charge on any atom is -0.392 e. The summed E-state index contributed by atoms with van der Waals surface area (Å²) < 4.78 is 13.2. The number of para-hydroxylation sites is 2. The van der Waals surface area contributed by atoms with Crippen LogP contribution in [0, 0.1) is 5.92 Å². The minimum atomic E-state index is -0.574. The molecule has 3 heterocycles. The van der Waals surface area contributed by atoms with Crippen LogP contribution in [0.15, 0.2) is 127 Å². The van der Waals surface area contributed by atoms with Gasteiger partial charge in [0.1, 0.15) is 5.69 Å². The van der Waals surface area contributed by atoms with Crippen molar-refractivity contribution < 1.29 is 19.4 Å². The van der Waals surface area contributed by atoms with Crippen LogP contribution in [0.3, 0.4) is 0 Å². The van der Waals surface area contributed by atoms with E-state index in [9.17, 15) is 9.90 Å². The number of fused-ring (bicyclic) bond motifs is 1. The molecule has 2 N–H and O–H groups in total. The second kappa shape index (κ2) is 15.0. The van der Waals surface area contributed by atoms with Gasteiger partial charge in [-0.1, -0.05) is 97.5 Å². The van der Waals surface area contributed by atoms with Crippen LogP contribution < -0.4 is 5.32 Å². The normalized spacial score (nSPS) is 19.1. The number of ether oxygens (including phenoxy) is 2. The quantitative estimate of drug-likeness (QED) is 0.116. The average molecular weight is 670 g/mol. The molecule has 0 bridgehead atoms. The summed E-state index contributed by atoms with van der Waals surface area (Å²) in [6.45, 7) is 2.49. The Balaban J connectivity index is 1.05. The molecule has 9 nitrogen and oxygen atoms in total. The van der Waals surface area contributed by atoms with Crippen LogP contribution in [0.1, 0.15) is 52.1 Å². The first-order chi connectivity index (χ1) is 24.0. The maximum Gasteiger partial charge on any atom is 0.271 e. The first kappa shape index (κ1) is 32.5. The molecule has 1 aliphatic heterocycles. The summed E-state index contributed by atoms with van der Waals surface area (Å²) in [5.74, 6) is 0.458. The number of nitrogens with zero attached hydrogens (tertiary/aromatic N) is 4. The molecular weight excluding hydrogens is 635 g/mol. The molecule has 0 radical (unpaired) electrons. The van der Waals surface area contributed by atoms with E-state index in [0.29, 0.717) is 23.0 Å². The van der Waals surface area contributed by atoms with Gasteiger partial charge in [-0.3, -0.25) is 9.78 Å². The van der Waals surface area contributed by atoms with Gasteiger partial charge in [-0.2, -0.15) is 0 Å². The SMILES string of the molecule is CC1C(CSc2ncccn2)OC(c2ccc(-c3cccc(CNC(=O)c4cnc5ccccc5n4)c3)cc2)OC1c1ccc(CO)cc1. The number of carbonyl (C=O) groups is 1. The van der Waals surface area contributed by atoms with E-state index in [1.54, 1.807) is 30.2 Å². The molecule has 7 rings (SSSR count). The summed E-state index contributed by atoms with van der Waals surface area (Å²) in [6.07, 6.45) is 4.08. The average Bonchev–Trinajstić information content (AvgIpc) is 3.17. The number of aliphatic hydroxyl groups excluding tert-OH is 1. The number of carbonyl (C=O) groups excluding carboxylic acids is 1. The summed E-state index contributed by atoms with van der Waals surface area (Å²) >= 11 is 1.57. The van der Waals surface area contributed by atoms with Crippen LogP contribution in [0.4, 0.5) is 0 Å². The highest BCUT2D eigenvalue weighted by Gasteiger charge is 2.38. The first-order valence-corrected chi connectivity index (χ1v) is 17.1. The van der Waals surface area contributed by atoms with Crippen LogP contribution in [0.2, 0.25) is 0 Å². The molecule has 1 aliphatic rings. The highest BCUT2D eigenvalue weighted by atomic mass is 32.2. The lowest BCUT2D eigenvalue weighted by atomic mass is 9.91. The molecule has 0 saturated carbocycles. The fourth-order valence-electron chi connectivity index (χ4n) is 5.86. The molecule has 0 spiro atoms. The van der Waals surface area contributed by atoms with Crippen LogP contribution in [-0.2, 0) is 22.6 Å². The van der Waals surface area contributed by atoms with Gasteiger partial charge in [-0.05, 0) is 52.1 Å². The highest BCUT2D eigenvalue weighted by Crippen LogP contribution is 2.43. The lowest BCUT2D eigenvalue weighted by molar-refractivity contribution is -0.268. The molecule has 2 aromatic heterocycles. The van der Waals surface area contributed by atoms with Gasteiger partial charge in [0.15, 0.2) is 11.4 Å². The Bertz CT molecular complexity index is 2030. The maximum atomic E-state index is 12.8. The van der Waals surface area contributed by atoms with E-state index in [4.69, 9.17) is 9.47 Å². The third-order valence-electron chi connectivity index (χ3n) is 8.62. The van der Waals surface area contributed by atoms with Gasteiger partial charge in [0, 0.05) is 36.2 Å². The number of rotatable bonds is 10. The number of hydrogen-bond acceptors (Lipinski definition) is 9. The highest BCUT2D eigenvalue weighted by molar-refractivity contribution is 7.99. The summed E-state index contributed by atoms with van der Waals surface area (Å²) in [6, 6.07) is 33.5.